The number of ether oxygens (including phenoxy) is 1. The molecule has 0 spiro atoms. The smallest absolute Gasteiger partial charge is 0.280 e. The van der Waals surface area contributed by atoms with Gasteiger partial charge >= 0.3 is 0 Å². The molecule has 3 rings (SSSR count). The first kappa shape index (κ1) is 18.0. The van der Waals surface area contributed by atoms with Crippen LogP contribution >= 0.6 is 11.6 Å². The first-order chi connectivity index (χ1) is 12.5. The van der Waals surface area contributed by atoms with Crippen molar-refractivity contribution >= 4 is 17.3 Å². The Kier molecular flexibility index (Phi) is 5.28. The van der Waals surface area contributed by atoms with Gasteiger partial charge in [-0.05, 0) is 55.8 Å². The molecule has 26 heavy (non-hydrogen) atoms. The SMILES string of the molecule is COc1ccc(-n2[nH]c(C)c(C(C)=NCc3ccc(Cl)cc3)c2=O)cc1. The molecule has 0 amide bonds. The maximum atomic E-state index is 12.8. The number of aliphatic imine (C=N–C) groups is 1. The molecule has 2 aromatic carbocycles. The average Bonchev–Trinajstić information content (AvgIpc) is 2.95. The number of nitrogens with one attached hydrogen (secondary N) is 1. The molecule has 0 aliphatic rings. The second kappa shape index (κ2) is 7.62. The van der Waals surface area contributed by atoms with Gasteiger partial charge in [0, 0.05) is 16.4 Å². The van der Waals surface area contributed by atoms with Gasteiger partial charge in [0.05, 0.1) is 24.9 Å². The molecule has 0 saturated carbocycles. The van der Waals surface area contributed by atoms with Crippen LogP contribution in [-0.2, 0) is 6.54 Å². The van der Waals surface area contributed by atoms with Crippen molar-refractivity contribution in [2.24, 2.45) is 4.99 Å². The number of hydrogen-bond donors (Lipinski definition) is 1. The summed E-state index contributed by atoms with van der Waals surface area (Å²) in [5.41, 5.74) is 3.74. The fourth-order valence-electron chi connectivity index (χ4n) is 2.76. The fourth-order valence-corrected chi connectivity index (χ4v) is 2.89. The van der Waals surface area contributed by atoms with Gasteiger partial charge in [-0.2, -0.15) is 0 Å². The maximum Gasteiger partial charge on any atom is 0.280 e. The predicted octanol–water partition coefficient (Wildman–Crippen LogP) is 4.15. The average molecular weight is 370 g/mol. The molecule has 0 aliphatic heterocycles. The zero-order valence-corrected chi connectivity index (χ0v) is 15.7. The summed E-state index contributed by atoms with van der Waals surface area (Å²) < 4.78 is 6.68. The summed E-state index contributed by atoms with van der Waals surface area (Å²) in [4.78, 5) is 17.4. The lowest BCUT2D eigenvalue weighted by atomic mass is 10.1. The Morgan fingerprint density at radius 1 is 1.15 bits per heavy atom. The van der Waals surface area contributed by atoms with E-state index in [0.29, 0.717) is 22.8 Å². The first-order valence-corrected chi connectivity index (χ1v) is 8.59. The number of hydrogen-bond acceptors (Lipinski definition) is 3. The van der Waals surface area contributed by atoms with Crippen LogP contribution in [0.2, 0.25) is 5.02 Å². The van der Waals surface area contributed by atoms with Crippen LogP contribution in [0.3, 0.4) is 0 Å². The minimum Gasteiger partial charge on any atom is -0.497 e. The van der Waals surface area contributed by atoms with Crippen molar-refractivity contribution in [1.82, 2.24) is 9.78 Å². The summed E-state index contributed by atoms with van der Waals surface area (Å²) in [6.45, 7) is 4.22. The second-order valence-corrected chi connectivity index (χ2v) is 6.41. The van der Waals surface area contributed by atoms with Crippen LogP contribution in [0.5, 0.6) is 5.75 Å². The number of H-pyrrole nitrogens is 1. The predicted molar refractivity (Wildman–Crippen MR) is 105 cm³/mol. The van der Waals surface area contributed by atoms with Crippen LogP contribution in [0.1, 0.15) is 23.7 Å². The first-order valence-electron chi connectivity index (χ1n) is 8.21. The molecule has 5 nitrogen and oxygen atoms in total. The minimum atomic E-state index is -0.120. The van der Waals surface area contributed by atoms with E-state index in [1.54, 1.807) is 7.11 Å². The molecule has 134 valence electrons. The number of aromatic nitrogens is 2. The van der Waals surface area contributed by atoms with Crippen molar-refractivity contribution in [3.8, 4) is 11.4 Å². The Morgan fingerprint density at radius 3 is 2.42 bits per heavy atom. The zero-order valence-electron chi connectivity index (χ0n) is 14.9. The number of aromatic amines is 1. The topological polar surface area (TPSA) is 59.4 Å². The molecule has 0 atom stereocenters. The number of methoxy groups -OCH3 is 1. The molecular weight excluding hydrogens is 350 g/mol. The van der Waals surface area contributed by atoms with Crippen LogP contribution in [0, 0.1) is 6.92 Å². The Labute approximate surface area is 156 Å². The maximum absolute atomic E-state index is 12.8. The van der Waals surface area contributed by atoms with E-state index in [2.05, 4.69) is 10.1 Å². The van der Waals surface area contributed by atoms with Gasteiger partial charge in [0.25, 0.3) is 5.56 Å². The summed E-state index contributed by atoms with van der Waals surface area (Å²) in [7, 11) is 1.61. The van der Waals surface area contributed by atoms with Gasteiger partial charge in [-0.3, -0.25) is 14.9 Å². The monoisotopic (exact) mass is 369 g/mol. The molecule has 1 aromatic heterocycles. The normalized spacial score (nSPS) is 11.6. The highest BCUT2D eigenvalue weighted by Crippen LogP contribution is 2.15. The van der Waals surface area contributed by atoms with Crippen molar-refractivity contribution in [3.05, 3.63) is 80.7 Å². The highest BCUT2D eigenvalue weighted by atomic mass is 35.5. The second-order valence-electron chi connectivity index (χ2n) is 5.98. The van der Waals surface area contributed by atoms with Crippen molar-refractivity contribution in [2.75, 3.05) is 7.11 Å². The summed E-state index contributed by atoms with van der Waals surface area (Å²) in [5.74, 6) is 0.742. The van der Waals surface area contributed by atoms with Crippen LogP contribution < -0.4 is 10.3 Å². The molecule has 0 radical (unpaired) electrons. The molecule has 0 aliphatic carbocycles. The number of benzene rings is 2. The molecule has 0 fully saturated rings. The fraction of sp³-hybridized carbons (Fsp3) is 0.200. The third kappa shape index (κ3) is 3.73. The van der Waals surface area contributed by atoms with Gasteiger partial charge in [-0.15, -0.1) is 0 Å². The van der Waals surface area contributed by atoms with Gasteiger partial charge in [-0.1, -0.05) is 23.7 Å². The molecule has 0 unspecified atom stereocenters. The van der Waals surface area contributed by atoms with Crippen molar-refractivity contribution in [3.63, 3.8) is 0 Å². The third-order valence-corrected chi connectivity index (χ3v) is 4.43. The summed E-state index contributed by atoms with van der Waals surface area (Å²) >= 11 is 5.90. The van der Waals surface area contributed by atoms with E-state index < -0.39 is 0 Å². The van der Waals surface area contributed by atoms with Gasteiger partial charge < -0.3 is 4.74 Å². The number of halogens is 1. The van der Waals surface area contributed by atoms with Crippen LogP contribution in [0.4, 0.5) is 0 Å². The van der Waals surface area contributed by atoms with Crippen molar-refractivity contribution in [1.29, 1.82) is 0 Å². The van der Waals surface area contributed by atoms with Crippen LogP contribution in [-0.4, -0.2) is 22.6 Å². The summed E-state index contributed by atoms with van der Waals surface area (Å²) in [5, 5.41) is 3.81. The quantitative estimate of drug-likeness (QED) is 0.687. The zero-order chi connectivity index (χ0) is 18.7. The molecule has 6 heteroatoms. The standard InChI is InChI=1S/C20H20ClN3O2/c1-13(22-12-15-4-6-16(21)7-5-15)19-14(2)23-24(20(19)25)17-8-10-18(26-3)11-9-17/h4-11,23H,12H2,1-3H3. The van der Waals surface area contributed by atoms with Gasteiger partial charge in [0.15, 0.2) is 0 Å². The highest BCUT2D eigenvalue weighted by Gasteiger charge is 2.15. The summed E-state index contributed by atoms with van der Waals surface area (Å²) in [6.07, 6.45) is 0. The number of rotatable bonds is 5. The molecular formula is C20H20ClN3O2. The van der Waals surface area contributed by atoms with Crippen molar-refractivity contribution in [2.45, 2.75) is 20.4 Å². The van der Waals surface area contributed by atoms with E-state index in [9.17, 15) is 4.79 Å². The highest BCUT2D eigenvalue weighted by molar-refractivity contribution is 6.30. The lowest BCUT2D eigenvalue weighted by Gasteiger charge is -2.03. The lowest BCUT2D eigenvalue weighted by Crippen LogP contribution is -2.19. The van der Waals surface area contributed by atoms with Gasteiger partial charge in [-0.25, -0.2) is 4.68 Å². The van der Waals surface area contributed by atoms with Crippen LogP contribution in [0.15, 0.2) is 58.3 Å². The van der Waals surface area contributed by atoms with Gasteiger partial charge in [0.2, 0.25) is 0 Å². The molecule has 0 bridgehead atoms. The summed E-state index contributed by atoms with van der Waals surface area (Å²) in [6, 6.07) is 14.8. The Morgan fingerprint density at radius 2 is 1.81 bits per heavy atom. The molecule has 3 aromatic rings. The van der Waals surface area contributed by atoms with E-state index in [4.69, 9.17) is 16.3 Å². The lowest BCUT2D eigenvalue weighted by molar-refractivity contribution is 0.414. The van der Waals surface area contributed by atoms with E-state index in [1.165, 1.54) is 4.68 Å². The Hall–Kier alpha value is -2.79. The van der Waals surface area contributed by atoms with Crippen LogP contribution in [0.25, 0.3) is 5.69 Å². The van der Waals surface area contributed by atoms with E-state index >= 15 is 0 Å². The van der Waals surface area contributed by atoms with E-state index in [-0.39, 0.29) is 5.56 Å². The van der Waals surface area contributed by atoms with E-state index in [0.717, 1.165) is 22.7 Å². The number of aryl methyl sites for hydroxylation is 1. The Bertz CT molecular complexity index is 983. The largest absolute Gasteiger partial charge is 0.497 e. The molecule has 1 heterocycles. The van der Waals surface area contributed by atoms with Crippen molar-refractivity contribution < 1.29 is 4.74 Å². The van der Waals surface area contributed by atoms with E-state index in [1.807, 2.05) is 62.4 Å². The van der Waals surface area contributed by atoms with Gasteiger partial charge in [0.1, 0.15) is 5.75 Å². The minimum absolute atomic E-state index is 0.120. The third-order valence-electron chi connectivity index (χ3n) is 4.18. The molecule has 0 saturated heterocycles. The number of nitrogens with zero attached hydrogens (tertiary/aromatic N) is 2. The molecule has 1 N–H and O–H groups in total. The Balaban J connectivity index is 1.90.